The van der Waals surface area contributed by atoms with Crippen molar-refractivity contribution in [1.82, 2.24) is 0 Å². The third-order valence-corrected chi connectivity index (χ3v) is 3.59. The Hall–Kier alpha value is -1.23. The van der Waals surface area contributed by atoms with E-state index in [9.17, 15) is 13.2 Å². The van der Waals surface area contributed by atoms with Crippen LogP contribution in [0.15, 0.2) is 24.3 Å². The molecule has 1 atom stereocenters. The molecule has 0 heterocycles. The minimum absolute atomic E-state index is 0.000777. The van der Waals surface area contributed by atoms with Gasteiger partial charge < -0.3 is 10.5 Å². The van der Waals surface area contributed by atoms with Crippen LogP contribution in [0.1, 0.15) is 39.2 Å². The van der Waals surface area contributed by atoms with Gasteiger partial charge in [0.25, 0.3) is 0 Å². The van der Waals surface area contributed by atoms with Crippen molar-refractivity contribution in [2.45, 2.75) is 51.3 Å². The maximum atomic E-state index is 12.7. The second-order valence-electron chi connectivity index (χ2n) is 5.49. The number of hydrogen-bond donors (Lipinski definition) is 1. The zero-order valence-electron chi connectivity index (χ0n) is 12.1. The van der Waals surface area contributed by atoms with Crippen molar-refractivity contribution in [3.05, 3.63) is 29.8 Å². The maximum Gasteiger partial charge on any atom is 0.425 e. The molecule has 0 aliphatic carbocycles. The molecule has 0 aliphatic heterocycles. The first-order valence-electron chi connectivity index (χ1n) is 6.74. The van der Waals surface area contributed by atoms with Crippen molar-refractivity contribution in [2.75, 3.05) is 6.54 Å². The summed E-state index contributed by atoms with van der Waals surface area (Å²) < 4.78 is 43.2. The quantitative estimate of drug-likeness (QED) is 0.858. The minimum atomic E-state index is -4.40. The molecule has 1 unspecified atom stereocenters. The first-order chi connectivity index (χ1) is 9.20. The van der Waals surface area contributed by atoms with Crippen molar-refractivity contribution in [1.29, 1.82) is 0 Å². The van der Waals surface area contributed by atoms with Crippen molar-refractivity contribution in [3.63, 3.8) is 0 Å². The van der Waals surface area contributed by atoms with Gasteiger partial charge in [0.2, 0.25) is 0 Å². The normalized spacial score (nSPS) is 14.2. The van der Waals surface area contributed by atoms with Gasteiger partial charge in [-0.15, -0.1) is 0 Å². The average molecular weight is 289 g/mol. The fourth-order valence-electron chi connectivity index (χ4n) is 1.79. The fourth-order valence-corrected chi connectivity index (χ4v) is 1.79. The highest BCUT2D eigenvalue weighted by atomic mass is 19.4. The Bertz CT molecular complexity index is 412. The molecule has 0 aromatic heterocycles. The van der Waals surface area contributed by atoms with Crippen molar-refractivity contribution in [2.24, 2.45) is 5.73 Å². The number of nitrogens with two attached hydrogens (primary N) is 1. The van der Waals surface area contributed by atoms with Gasteiger partial charge >= 0.3 is 6.18 Å². The summed E-state index contributed by atoms with van der Waals surface area (Å²) in [6.07, 6.45) is -5.55. The molecular formula is C15H22F3NO. The standard InChI is InChI=1S/C15H22F3NO/c1-4-14(2,3)11-5-7-12(8-6-11)20-13(9-10-19)15(16,17)18/h5-8,13H,4,9-10,19H2,1-3H3. The van der Waals surface area contributed by atoms with Crippen molar-refractivity contribution in [3.8, 4) is 5.75 Å². The van der Waals surface area contributed by atoms with Gasteiger partial charge in [0.1, 0.15) is 5.75 Å². The van der Waals surface area contributed by atoms with Gasteiger partial charge in [-0.05, 0) is 36.1 Å². The molecule has 1 rings (SSSR count). The van der Waals surface area contributed by atoms with E-state index in [1.807, 2.05) is 12.1 Å². The minimum Gasteiger partial charge on any atom is -0.481 e. The van der Waals surface area contributed by atoms with Crippen LogP contribution in [-0.2, 0) is 5.41 Å². The predicted molar refractivity (Wildman–Crippen MR) is 73.9 cm³/mol. The second-order valence-corrected chi connectivity index (χ2v) is 5.49. The summed E-state index contributed by atoms with van der Waals surface area (Å²) >= 11 is 0. The van der Waals surface area contributed by atoms with E-state index in [1.54, 1.807) is 12.1 Å². The topological polar surface area (TPSA) is 35.2 Å². The van der Waals surface area contributed by atoms with Crippen LogP contribution in [0.5, 0.6) is 5.75 Å². The Labute approximate surface area is 118 Å². The molecule has 0 radical (unpaired) electrons. The lowest BCUT2D eigenvalue weighted by Crippen LogP contribution is -2.36. The summed E-state index contributed by atoms with van der Waals surface area (Å²) in [4.78, 5) is 0. The Balaban J connectivity index is 2.83. The van der Waals surface area contributed by atoms with E-state index in [0.29, 0.717) is 0 Å². The van der Waals surface area contributed by atoms with Gasteiger partial charge in [0.15, 0.2) is 6.10 Å². The van der Waals surface area contributed by atoms with Gasteiger partial charge in [0, 0.05) is 6.42 Å². The summed E-state index contributed by atoms with van der Waals surface area (Å²) in [5.41, 5.74) is 6.28. The zero-order valence-corrected chi connectivity index (χ0v) is 12.1. The highest BCUT2D eigenvalue weighted by Gasteiger charge is 2.41. The fraction of sp³-hybridized carbons (Fsp3) is 0.600. The molecule has 0 saturated heterocycles. The maximum absolute atomic E-state index is 12.7. The smallest absolute Gasteiger partial charge is 0.425 e. The zero-order chi connectivity index (χ0) is 15.4. The molecule has 1 aromatic carbocycles. The summed E-state index contributed by atoms with van der Waals surface area (Å²) in [6, 6.07) is 6.80. The van der Waals surface area contributed by atoms with Crippen LogP contribution in [0.3, 0.4) is 0 Å². The molecule has 114 valence electrons. The monoisotopic (exact) mass is 289 g/mol. The summed E-state index contributed by atoms with van der Waals surface area (Å²) in [6.45, 7) is 6.20. The molecule has 0 aliphatic rings. The lowest BCUT2D eigenvalue weighted by molar-refractivity contribution is -0.196. The Kier molecular flexibility index (Phi) is 5.45. The van der Waals surface area contributed by atoms with E-state index >= 15 is 0 Å². The highest BCUT2D eigenvalue weighted by molar-refractivity contribution is 5.31. The first-order valence-corrected chi connectivity index (χ1v) is 6.74. The third-order valence-electron chi connectivity index (χ3n) is 3.59. The number of hydrogen-bond acceptors (Lipinski definition) is 2. The van der Waals surface area contributed by atoms with E-state index in [0.717, 1.165) is 12.0 Å². The van der Waals surface area contributed by atoms with Crippen molar-refractivity contribution >= 4 is 0 Å². The van der Waals surface area contributed by atoms with Crippen LogP contribution in [0.2, 0.25) is 0 Å². The Morgan fingerprint density at radius 3 is 2.10 bits per heavy atom. The summed E-state index contributed by atoms with van der Waals surface area (Å²) in [5, 5.41) is 0. The molecular weight excluding hydrogens is 267 g/mol. The highest BCUT2D eigenvalue weighted by Crippen LogP contribution is 2.30. The molecule has 0 bridgehead atoms. The van der Waals surface area contributed by atoms with Crippen LogP contribution < -0.4 is 10.5 Å². The van der Waals surface area contributed by atoms with Gasteiger partial charge in [-0.2, -0.15) is 13.2 Å². The van der Waals surface area contributed by atoms with Crippen LogP contribution in [0.4, 0.5) is 13.2 Å². The SMILES string of the molecule is CCC(C)(C)c1ccc(OC(CCN)C(F)(F)F)cc1. The second kappa shape index (κ2) is 6.48. The molecule has 0 fully saturated rings. The van der Waals surface area contributed by atoms with Crippen LogP contribution in [0, 0.1) is 0 Å². The Morgan fingerprint density at radius 2 is 1.70 bits per heavy atom. The number of halogens is 3. The molecule has 1 aromatic rings. The van der Waals surface area contributed by atoms with Crippen LogP contribution in [-0.4, -0.2) is 18.8 Å². The van der Waals surface area contributed by atoms with Crippen molar-refractivity contribution < 1.29 is 17.9 Å². The van der Waals surface area contributed by atoms with E-state index < -0.39 is 12.3 Å². The summed E-state index contributed by atoms with van der Waals surface area (Å²) in [7, 11) is 0. The van der Waals surface area contributed by atoms with Gasteiger partial charge in [0.05, 0.1) is 0 Å². The number of ether oxygens (including phenoxy) is 1. The lowest BCUT2D eigenvalue weighted by Gasteiger charge is -2.24. The molecule has 0 amide bonds. The molecule has 0 saturated carbocycles. The van der Waals surface area contributed by atoms with Gasteiger partial charge in [-0.3, -0.25) is 0 Å². The van der Waals surface area contributed by atoms with E-state index in [2.05, 4.69) is 20.8 Å². The third kappa shape index (κ3) is 4.40. The Morgan fingerprint density at radius 1 is 1.15 bits per heavy atom. The average Bonchev–Trinajstić information content (AvgIpc) is 2.38. The van der Waals surface area contributed by atoms with E-state index in [4.69, 9.17) is 10.5 Å². The lowest BCUT2D eigenvalue weighted by atomic mass is 9.82. The first kappa shape index (κ1) is 16.8. The van der Waals surface area contributed by atoms with E-state index in [1.165, 1.54) is 0 Å². The van der Waals surface area contributed by atoms with E-state index in [-0.39, 0.29) is 24.1 Å². The molecule has 5 heteroatoms. The molecule has 20 heavy (non-hydrogen) atoms. The van der Waals surface area contributed by atoms with Crippen LogP contribution >= 0.6 is 0 Å². The largest absolute Gasteiger partial charge is 0.481 e. The number of rotatable bonds is 6. The number of alkyl halides is 3. The number of benzene rings is 1. The predicted octanol–water partition coefficient (Wildman–Crippen LogP) is 4.03. The molecule has 2 nitrogen and oxygen atoms in total. The summed E-state index contributed by atoms with van der Waals surface area (Å²) in [5.74, 6) is 0.219. The van der Waals surface area contributed by atoms with Gasteiger partial charge in [-0.1, -0.05) is 32.9 Å². The van der Waals surface area contributed by atoms with Crippen LogP contribution in [0.25, 0.3) is 0 Å². The molecule has 0 spiro atoms. The van der Waals surface area contributed by atoms with Gasteiger partial charge in [-0.25, -0.2) is 0 Å². The molecule has 2 N–H and O–H groups in total.